The molecule has 1 unspecified atom stereocenters. The minimum Gasteiger partial charge on any atom is -0.314 e. The van der Waals surface area contributed by atoms with E-state index in [1.807, 2.05) is 6.33 Å². The van der Waals surface area contributed by atoms with Crippen LogP contribution in [0.25, 0.3) is 0 Å². The van der Waals surface area contributed by atoms with Crippen LogP contribution in [0, 0.1) is 5.41 Å². The van der Waals surface area contributed by atoms with E-state index in [1.165, 1.54) is 25.7 Å². The summed E-state index contributed by atoms with van der Waals surface area (Å²) in [7, 11) is -3.40. The van der Waals surface area contributed by atoms with Crippen molar-refractivity contribution < 1.29 is 8.42 Å². The van der Waals surface area contributed by atoms with Crippen molar-refractivity contribution in [1.29, 1.82) is 0 Å². The lowest BCUT2D eigenvalue weighted by atomic mass is 9.76. The molecule has 1 atom stereocenters. The van der Waals surface area contributed by atoms with E-state index in [2.05, 4.69) is 14.8 Å². The molecule has 150 valence electrons. The number of halogens is 1. The fourth-order valence-electron chi connectivity index (χ4n) is 5.09. The van der Waals surface area contributed by atoms with E-state index < -0.39 is 10.0 Å². The van der Waals surface area contributed by atoms with Crippen molar-refractivity contribution in [2.75, 3.05) is 13.1 Å². The van der Waals surface area contributed by atoms with Crippen molar-refractivity contribution >= 4 is 21.6 Å². The second-order valence-corrected chi connectivity index (χ2v) is 11.0. The third-order valence-electron chi connectivity index (χ3n) is 6.72. The largest absolute Gasteiger partial charge is 0.314 e. The first-order valence-corrected chi connectivity index (χ1v) is 12.1. The molecule has 5 rings (SSSR count). The zero-order valence-corrected chi connectivity index (χ0v) is 17.4. The normalized spacial score (nSPS) is 25.0. The molecule has 1 aliphatic heterocycles. The van der Waals surface area contributed by atoms with Gasteiger partial charge in [0.25, 0.3) is 0 Å². The third-order valence-corrected chi connectivity index (χ3v) is 8.74. The maximum atomic E-state index is 13.2. The second kappa shape index (κ2) is 6.82. The Morgan fingerprint density at radius 2 is 1.86 bits per heavy atom. The molecule has 2 aliphatic carbocycles. The molecule has 8 heteroatoms. The second-order valence-electron chi connectivity index (χ2n) is 8.62. The van der Waals surface area contributed by atoms with Gasteiger partial charge in [-0.2, -0.15) is 0 Å². The highest BCUT2D eigenvalue weighted by Gasteiger charge is 2.53. The summed E-state index contributed by atoms with van der Waals surface area (Å²) >= 11 is 5.94. The molecule has 0 N–H and O–H groups in total. The molecule has 1 aromatic carbocycles. The molecule has 6 nitrogen and oxygen atoms in total. The van der Waals surface area contributed by atoms with Crippen LogP contribution in [0.5, 0.6) is 0 Å². The molecule has 0 bridgehead atoms. The average Bonchev–Trinajstić information content (AvgIpc) is 3.09. The molecule has 1 spiro atoms. The summed E-state index contributed by atoms with van der Waals surface area (Å²) in [5.41, 5.74) is 0.779. The van der Waals surface area contributed by atoms with E-state index in [0.29, 0.717) is 24.2 Å². The fourth-order valence-corrected chi connectivity index (χ4v) is 6.85. The monoisotopic (exact) mass is 420 g/mol. The van der Waals surface area contributed by atoms with Crippen LogP contribution < -0.4 is 0 Å². The van der Waals surface area contributed by atoms with E-state index in [0.717, 1.165) is 24.2 Å². The zero-order valence-electron chi connectivity index (χ0n) is 15.8. The smallest absolute Gasteiger partial charge is 0.218 e. The number of hydrogen-bond acceptors (Lipinski definition) is 4. The Bertz CT molecular complexity index is 962. The summed E-state index contributed by atoms with van der Waals surface area (Å²) < 4.78 is 30.4. The molecule has 0 amide bonds. The number of benzene rings is 1. The topological polar surface area (TPSA) is 68.1 Å². The van der Waals surface area contributed by atoms with Crippen molar-refractivity contribution in [2.24, 2.45) is 5.41 Å². The summed E-state index contributed by atoms with van der Waals surface area (Å²) in [5.74, 6) is 1.15. The van der Waals surface area contributed by atoms with Gasteiger partial charge in [0.05, 0.1) is 5.75 Å². The Morgan fingerprint density at radius 3 is 2.54 bits per heavy atom. The first-order valence-electron chi connectivity index (χ1n) is 10.1. The Morgan fingerprint density at radius 1 is 1.14 bits per heavy atom. The lowest BCUT2D eigenvalue weighted by molar-refractivity contribution is 0.272. The zero-order chi connectivity index (χ0) is 19.4. The van der Waals surface area contributed by atoms with Crippen LogP contribution in [0.4, 0.5) is 0 Å². The van der Waals surface area contributed by atoms with Crippen molar-refractivity contribution in [1.82, 2.24) is 19.1 Å². The molecule has 2 aromatic rings. The van der Waals surface area contributed by atoms with Crippen LogP contribution in [0.3, 0.4) is 0 Å². The number of nitrogens with zero attached hydrogens (tertiary/aromatic N) is 4. The first-order chi connectivity index (χ1) is 13.5. The highest BCUT2D eigenvalue weighted by atomic mass is 35.5. The third kappa shape index (κ3) is 3.27. The van der Waals surface area contributed by atoms with Gasteiger partial charge in [-0.15, -0.1) is 10.2 Å². The van der Waals surface area contributed by atoms with Gasteiger partial charge in [-0.3, -0.25) is 0 Å². The SMILES string of the molecule is O=S(=O)(Cc1ccc(Cl)cc1)N1CC(c2nncn2C2CC2)C2(CCCC2)C1. The maximum absolute atomic E-state index is 13.2. The summed E-state index contributed by atoms with van der Waals surface area (Å²) in [6, 6.07) is 7.58. The predicted molar refractivity (Wildman–Crippen MR) is 108 cm³/mol. The van der Waals surface area contributed by atoms with Crippen molar-refractivity contribution in [3.63, 3.8) is 0 Å². The van der Waals surface area contributed by atoms with Gasteiger partial charge in [-0.25, -0.2) is 12.7 Å². The maximum Gasteiger partial charge on any atom is 0.218 e. The molecule has 2 heterocycles. The van der Waals surface area contributed by atoms with Gasteiger partial charge in [0.2, 0.25) is 10.0 Å². The molecule has 1 aromatic heterocycles. The van der Waals surface area contributed by atoms with Crippen LogP contribution in [0.2, 0.25) is 5.02 Å². The number of hydrogen-bond donors (Lipinski definition) is 0. The van der Waals surface area contributed by atoms with Crippen LogP contribution in [0.1, 0.15) is 61.9 Å². The van der Waals surface area contributed by atoms with Gasteiger partial charge >= 0.3 is 0 Å². The molecule has 2 saturated carbocycles. The number of rotatable bonds is 5. The van der Waals surface area contributed by atoms with Crippen molar-refractivity contribution in [3.8, 4) is 0 Å². The molecule has 3 aliphatic rings. The van der Waals surface area contributed by atoms with Crippen molar-refractivity contribution in [3.05, 3.63) is 47.0 Å². The summed E-state index contributed by atoms with van der Waals surface area (Å²) in [5, 5.41) is 9.26. The lowest BCUT2D eigenvalue weighted by Gasteiger charge is -2.29. The Balaban J connectivity index is 1.43. The van der Waals surface area contributed by atoms with Gasteiger partial charge in [-0.05, 0) is 48.8 Å². The molecule has 0 radical (unpaired) electrons. The molecule has 1 saturated heterocycles. The summed E-state index contributed by atoms with van der Waals surface area (Å²) in [6.07, 6.45) is 8.65. The molecule has 28 heavy (non-hydrogen) atoms. The number of aromatic nitrogens is 3. The summed E-state index contributed by atoms with van der Waals surface area (Å²) in [6.45, 7) is 1.12. The van der Waals surface area contributed by atoms with Crippen LogP contribution in [-0.4, -0.2) is 40.6 Å². The molecular weight excluding hydrogens is 396 g/mol. The highest BCUT2D eigenvalue weighted by molar-refractivity contribution is 7.88. The van der Waals surface area contributed by atoms with Gasteiger partial charge in [0, 0.05) is 30.1 Å². The van der Waals surface area contributed by atoms with E-state index in [4.69, 9.17) is 11.6 Å². The van der Waals surface area contributed by atoms with E-state index in [-0.39, 0.29) is 17.1 Å². The van der Waals surface area contributed by atoms with Gasteiger partial charge in [0.1, 0.15) is 12.2 Å². The molecular formula is C20H25ClN4O2S. The highest BCUT2D eigenvalue weighted by Crippen LogP contribution is 2.54. The van der Waals surface area contributed by atoms with E-state index >= 15 is 0 Å². The van der Waals surface area contributed by atoms with Crippen LogP contribution in [0.15, 0.2) is 30.6 Å². The minimum atomic E-state index is -3.40. The predicted octanol–water partition coefficient (Wildman–Crippen LogP) is 3.76. The standard InChI is InChI=1S/C20H25ClN4O2S/c21-16-5-3-15(4-6-16)12-28(26,27)24-11-18(20(13-24)9-1-2-10-20)19-23-22-14-25(19)17-7-8-17/h3-6,14,17-18H,1-2,7-13H2. The van der Waals surface area contributed by atoms with Crippen molar-refractivity contribution in [2.45, 2.75) is 56.2 Å². The minimum absolute atomic E-state index is 0.00669. The first kappa shape index (κ1) is 18.6. The summed E-state index contributed by atoms with van der Waals surface area (Å²) in [4.78, 5) is 0. The molecule has 3 fully saturated rings. The van der Waals surface area contributed by atoms with Crippen LogP contribution in [-0.2, 0) is 15.8 Å². The average molecular weight is 421 g/mol. The Hall–Kier alpha value is -1.44. The quantitative estimate of drug-likeness (QED) is 0.738. The van der Waals surface area contributed by atoms with Gasteiger partial charge in [-0.1, -0.05) is 36.6 Å². The van der Waals surface area contributed by atoms with E-state index in [9.17, 15) is 8.42 Å². The van der Waals surface area contributed by atoms with Gasteiger partial charge < -0.3 is 4.57 Å². The lowest BCUT2D eigenvalue weighted by Crippen LogP contribution is -2.32. The van der Waals surface area contributed by atoms with Crippen LogP contribution >= 0.6 is 11.6 Å². The Kier molecular flexibility index (Phi) is 4.52. The van der Waals surface area contributed by atoms with E-state index in [1.54, 1.807) is 28.6 Å². The number of sulfonamides is 1. The Labute approximate surface area is 171 Å². The van der Waals surface area contributed by atoms with Gasteiger partial charge in [0.15, 0.2) is 0 Å². The fraction of sp³-hybridized carbons (Fsp3) is 0.600.